The number of hydrogen-bond donors (Lipinski definition) is 1. The Labute approximate surface area is 167 Å². The van der Waals surface area contributed by atoms with Crippen molar-refractivity contribution in [3.05, 3.63) is 30.1 Å². The van der Waals surface area contributed by atoms with Crippen LogP contribution in [0, 0.1) is 0 Å². The molecule has 0 radical (unpaired) electrons. The van der Waals surface area contributed by atoms with Gasteiger partial charge in [0.25, 0.3) is 10.1 Å². The molecule has 130 valence electrons. The van der Waals surface area contributed by atoms with E-state index in [1.807, 2.05) is 0 Å². The molecule has 13 heteroatoms. The summed E-state index contributed by atoms with van der Waals surface area (Å²) in [5, 5.41) is 6.85. The van der Waals surface area contributed by atoms with Crippen LogP contribution in [-0.4, -0.2) is 44.1 Å². The molecule has 3 rings (SSSR count). The van der Waals surface area contributed by atoms with Crippen LogP contribution in [-0.2, 0) is 16.3 Å². The molecule has 2 aromatic heterocycles. The summed E-state index contributed by atoms with van der Waals surface area (Å²) in [5.41, 5.74) is 0.343. The molecule has 0 spiro atoms. The molecule has 1 aromatic carbocycles. The topological polar surface area (TPSA) is 97.5 Å². The van der Waals surface area contributed by atoms with Gasteiger partial charge in [0.15, 0.2) is 5.65 Å². The predicted octanol–water partition coefficient (Wildman–Crippen LogP) is -0.607. The van der Waals surface area contributed by atoms with E-state index in [0.717, 1.165) is 16.2 Å². The molecule has 0 saturated carbocycles. The molecule has 3 aromatic rings. The molecular weight excluding hydrogens is 392 g/mol. The fourth-order valence-corrected chi connectivity index (χ4v) is 3.88. The van der Waals surface area contributed by atoms with Crippen LogP contribution in [0.3, 0.4) is 0 Å². The van der Waals surface area contributed by atoms with Crippen LogP contribution in [0.1, 0.15) is 7.25 Å². The summed E-state index contributed by atoms with van der Waals surface area (Å²) in [4.78, 5) is 4.21. The van der Waals surface area contributed by atoms with Gasteiger partial charge in [-0.15, -0.1) is 22.0 Å². The Kier molecular flexibility index (Phi) is 6.01. The van der Waals surface area contributed by atoms with Gasteiger partial charge >= 0.3 is 35.7 Å². The summed E-state index contributed by atoms with van der Waals surface area (Å²) in [7, 11) is -4.18. The first kappa shape index (κ1) is 20.4. The van der Waals surface area contributed by atoms with Crippen molar-refractivity contribution in [1.82, 2.24) is 19.6 Å². The van der Waals surface area contributed by atoms with Gasteiger partial charge in [0, 0.05) is 5.75 Å². The average molecular weight is 402 g/mol. The fourth-order valence-electron chi connectivity index (χ4n) is 2.08. The molecule has 0 aliphatic heterocycles. The van der Waals surface area contributed by atoms with Crippen molar-refractivity contribution in [2.24, 2.45) is 0 Å². The van der Waals surface area contributed by atoms with Gasteiger partial charge in [0.1, 0.15) is 5.03 Å². The van der Waals surface area contributed by atoms with Crippen molar-refractivity contribution in [2.75, 3.05) is 11.5 Å². The van der Waals surface area contributed by atoms with E-state index in [1.165, 1.54) is 12.1 Å². The van der Waals surface area contributed by atoms with Crippen molar-refractivity contribution in [3.8, 4) is 0 Å². The van der Waals surface area contributed by atoms with Crippen molar-refractivity contribution in [1.29, 1.82) is 0 Å². The molecular formula is C12H10F3N4NaO3S2. The van der Waals surface area contributed by atoms with Gasteiger partial charge in [0.2, 0.25) is 5.82 Å². The third kappa shape index (κ3) is 4.44. The van der Waals surface area contributed by atoms with Crippen molar-refractivity contribution >= 4 is 38.6 Å². The van der Waals surface area contributed by atoms with E-state index in [2.05, 4.69) is 15.2 Å². The van der Waals surface area contributed by atoms with Crippen LogP contribution in [0.5, 0.6) is 0 Å². The number of fused-ring (bicyclic) bond motifs is 3. The number of alkyl halides is 3. The minimum Gasteiger partial charge on any atom is -1.00 e. The zero-order valence-electron chi connectivity index (χ0n) is 13.7. The standard InChI is InChI=1S/C12H9F3N4O3S2.Na.H/c13-12(14,15)11-18-17-9-10(23-5-6-24(20,21)22)16-7-3-1-2-4-8(7)19(9)11;;/h1-4H,5-6H2,(H,20,21,22);;/q;+1;-1. The smallest absolute Gasteiger partial charge is 1.00 e. The molecule has 0 aliphatic carbocycles. The van der Waals surface area contributed by atoms with Crippen LogP contribution in [0.4, 0.5) is 13.2 Å². The quantitative estimate of drug-likeness (QED) is 0.353. The molecule has 0 amide bonds. The minimum absolute atomic E-state index is 0. The van der Waals surface area contributed by atoms with Crippen LogP contribution in [0.15, 0.2) is 29.3 Å². The van der Waals surface area contributed by atoms with Crippen LogP contribution >= 0.6 is 11.8 Å². The second-order valence-electron chi connectivity index (χ2n) is 4.72. The Morgan fingerprint density at radius 2 is 1.92 bits per heavy atom. The number of aromatic nitrogens is 4. The first-order valence-electron chi connectivity index (χ1n) is 6.46. The largest absolute Gasteiger partial charge is 1.00 e. The first-order chi connectivity index (χ1) is 11.2. The number of hydrogen-bond acceptors (Lipinski definition) is 6. The summed E-state index contributed by atoms with van der Waals surface area (Å²) >= 11 is 0.875. The molecule has 0 fully saturated rings. The van der Waals surface area contributed by atoms with E-state index in [9.17, 15) is 21.6 Å². The molecule has 1 N–H and O–H groups in total. The van der Waals surface area contributed by atoms with Gasteiger partial charge in [-0.05, 0) is 12.1 Å². The minimum atomic E-state index is -4.71. The fraction of sp³-hybridized carbons (Fsp3) is 0.250. The van der Waals surface area contributed by atoms with Gasteiger partial charge in [0.05, 0.1) is 16.8 Å². The monoisotopic (exact) mass is 402 g/mol. The van der Waals surface area contributed by atoms with Gasteiger partial charge in [-0.2, -0.15) is 21.6 Å². The molecule has 0 saturated heterocycles. The number of rotatable bonds is 4. The second-order valence-corrected chi connectivity index (χ2v) is 7.38. The van der Waals surface area contributed by atoms with E-state index in [4.69, 9.17) is 4.55 Å². The summed E-state index contributed by atoms with van der Waals surface area (Å²) < 4.78 is 70.6. The van der Waals surface area contributed by atoms with Crippen molar-refractivity contribution in [2.45, 2.75) is 11.2 Å². The van der Waals surface area contributed by atoms with E-state index in [1.54, 1.807) is 12.1 Å². The Balaban J connectivity index is 0.00000169. The maximum Gasteiger partial charge on any atom is 1.00 e. The molecule has 0 bridgehead atoms. The number of para-hydroxylation sites is 2. The molecule has 2 heterocycles. The molecule has 0 atom stereocenters. The average Bonchev–Trinajstić information content (AvgIpc) is 2.91. The molecule has 0 unspecified atom stereocenters. The normalized spacial score (nSPS) is 12.5. The number of benzene rings is 1. The Morgan fingerprint density at radius 3 is 2.56 bits per heavy atom. The van der Waals surface area contributed by atoms with E-state index < -0.39 is 27.9 Å². The number of thioether (sulfide) groups is 1. The van der Waals surface area contributed by atoms with Gasteiger partial charge in [-0.1, -0.05) is 12.1 Å². The molecule has 7 nitrogen and oxygen atoms in total. The third-order valence-corrected chi connectivity index (χ3v) is 4.97. The van der Waals surface area contributed by atoms with Crippen molar-refractivity contribution < 1.29 is 57.1 Å². The molecule has 0 aliphatic rings. The summed E-state index contributed by atoms with van der Waals surface area (Å²) in [6.45, 7) is 0. The maximum atomic E-state index is 13.2. The van der Waals surface area contributed by atoms with Crippen molar-refractivity contribution in [3.63, 3.8) is 0 Å². The Hall–Kier alpha value is -0.920. The maximum absolute atomic E-state index is 13.2. The van der Waals surface area contributed by atoms with Gasteiger partial charge < -0.3 is 1.43 Å². The first-order valence-corrected chi connectivity index (χ1v) is 9.05. The molecule has 25 heavy (non-hydrogen) atoms. The summed E-state index contributed by atoms with van der Waals surface area (Å²) in [6, 6.07) is 6.17. The third-order valence-electron chi connectivity index (χ3n) is 3.03. The Bertz CT molecular complexity index is 1030. The zero-order valence-corrected chi connectivity index (χ0v) is 16.4. The number of nitrogens with zero attached hydrogens (tertiary/aromatic N) is 4. The van der Waals surface area contributed by atoms with Crippen LogP contribution in [0.2, 0.25) is 0 Å². The van der Waals surface area contributed by atoms with Gasteiger partial charge in [-0.3, -0.25) is 8.95 Å². The summed E-state index contributed by atoms with van der Waals surface area (Å²) in [6.07, 6.45) is -4.71. The second kappa shape index (κ2) is 7.37. The zero-order chi connectivity index (χ0) is 17.5. The van der Waals surface area contributed by atoms with Crippen LogP contribution in [0.25, 0.3) is 16.7 Å². The van der Waals surface area contributed by atoms with E-state index in [-0.39, 0.29) is 58.4 Å². The number of halogens is 3. The SMILES string of the molecule is O=S(=O)(O)CCSc1nc2ccccc2n2c(C(F)(F)F)nnc12.[H-].[Na+]. The summed E-state index contributed by atoms with van der Waals surface area (Å²) in [5.74, 6) is -1.83. The Morgan fingerprint density at radius 1 is 1.24 bits per heavy atom. The predicted molar refractivity (Wildman–Crippen MR) is 81.5 cm³/mol. The van der Waals surface area contributed by atoms with Gasteiger partial charge in [-0.25, -0.2) is 4.98 Å². The van der Waals surface area contributed by atoms with E-state index in [0.29, 0.717) is 0 Å². The van der Waals surface area contributed by atoms with Crippen LogP contribution < -0.4 is 29.6 Å². The van der Waals surface area contributed by atoms with E-state index >= 15 is 0 Å².